The Morgan fingerprint density at radius 2 is 1.77 bits per heavy atom. The van der Waals surface area contributed by atoms with Crippen LogP contribution in [0.25, 0.3) is 0 Å². The number of amides is 1. The number of rotatable bonds is 9. The number of benzene rings is 2. The van der Waals surface area contributed by atoms with Gasteiger partial charge in [-0.15, -0.1) is 0 Å². The van der Waals surface area contributed by atoms with Crippen LogP contribution in [0.1, 0.15) is 6.42 Å². The summed E-state index contributed by atoms with van der Waals surface area (Å²) in [7, 11) is -3.68. The molecule has 0 atom stereocenters. The lowest BCUT2D eigenvalue weighted by Crippen LogP contribution is -2.40. The van der Waals surface area contributed by atoms with E-state index < -0.39 is 28.5 Å². The van der Waals surface area contributed by atoms with Gasteiger partial charge < -0.3 is 19.5 Å². The van der Waals surface area contributed by atoms with Gasteiger partial charge in [-0.3, -0.25) is 9.59 Å². The van der Waals surface area contributed by atoms with E-state index in [9.17, 15) is 18.0 Å². The molecule has 0 aromatic heterocycles. The van der Waals surface area contributed by atoms with Gasteiger partial charge in [-0.05, 0) is 30.3 Å². The van der Waals surface area contributed by atoms with E-state index in [0.29, 0.717) is 24.7 Å². The summed E-state index contributed by atoms with van der Waals surface area (Å²) in [6.07, 6.45) is -0.00451. The second kappa shape index (κ2) is 10.9. The SMILES string of the molecule is O=C(COC(=O)CCOc1ccccc1)Nc1cccc(S(=O)(=O)N2CCOCC2)c1. The second-order valence-corrected chi connectivity index (χ2v) is 8.60. The first-order valence-electron chi connectivity index (χ1n) is 9.76. The molecule has 0 unspecified atom stereocenters. The van der Waals surface area contributed by atoms with Crippen molar-refractivity contribution in [3.63, 3.8) is 0 Å². The average molecular weight is 448 g/mol. The summed E-state index contributed by atoms with van der Waals surface area (Å²) in [5, 5.41) is 2.54. The molecule has 0 spiro atoms. The minimum absolute atomic E-state index is 0.00451. The highest BCUT2D eigenvalue weighted by atomic mass is 32.2. The van der Waals surface area contributed by atoms with Crippen LogP contribution in [0.15, 0.2) is 59.5 Å². The van der Waals surface area contributed by atoms with E-state index in [0.717, 1.165) is 0 Å². The normalized spacial score (nSPS) is 14.6. The van der Waals surface area contributed by atoms with Crippen LogP contribution in [0, 0.1) is 0 Å². The third-order valence-electron chi connectivity index (χ3n) is 4.41. The zero-order valence-electron chi connectivity index (χ0n) is 16.9. The van der Waals surface area contributed by atoms with Crippen molar-refractivity contribution < 1.29 is 32.2 Å². The Hall–Kier alpha value is -2.95. The number of hydrogen-bond acceptors (Lipinski definition) is 7. The maximum absolute atomic E-state index is 12.7. The Bertz CT molecular complexity index is 990. The molecular formula is C21H24N2O7S. The standard InChI is InChI=1S/C21H24N2O7S/c24-20(16-30-21(25)9-12-29-18-6-2-1-3-7-18)22-17-5-4-8-19(15-17)31(26,27)23-10-13-28-14-11-23/h1-8,15H,9-14,16H2,(H,22,24). The van der Waals surface area contributed by atoms with Gasteiger partial charge in [0.25, 0.3) is 5.91 Å². The van der Waals surface area contributed by atoms with Crippen LogP contribution >= 0.6 is 0 Å². The Labute approximate surface area is 181 Å². The Kier molecular flexibility index (Phi) is 7.99. The molecule has 0 bridgehead atoms. The predicted octanol–water partition coefficient (Wildman–Crippen LogP) is 1.66. The van der Waals surface area contributed by atoms with Crippen LogP contribution in [-0.4, -0.2) is 64.1 Å². The molecule has 0 aliphatic carbocycles. The molecule has 2 aromatic carbocycles. The first-order chi connectivity index (χ1) is 14.9. The maximum Gasteiger partial charge on any atom is 0.309 e. The molecule has 10 heteroatoms. The molecule has 1 saturated heterocycles. The summed E-state index contributed by atoms with van der Waals surface area (Å²) < 4.78 is 42.3. The molecule has 1 fully saturated rings. The number of ether oxygens (including phenoxy) is 3. The molecule has 31 heavy (non-hydrogen) atoms. The van der Waals surface area contributed by atoms with Crippen LogP contribution in [-0.2, 0) is 29.1 Å². The maximum atomic E-state index is 12.7. The first kappa shape index (κ1) is 22.7. The molecular weight excluding hydrogens is 424 g/mol. The lowest BCUT2D eigenvalue weighted by molar-refractivity contribution is -0.147. The number of nitrogens with zero attached hydrogens (tertiary/aromatic N) is 1. The number of para-hydroxylation sites is 1. The fourth-order valence-corrected chi connectivity index (χ4v) is 4.31. The van der Waals surface area contributed by atoms with Crippen molar-refractivity contribution >= 4 is 27.6 Å². The van der Waals surface area contributed by atoms with E-state index in [1.165, 1.54) is 22.5 Å². The van der Waals surface area contributed by atoms with Crippen LogP contribution in [0.3, 0.4) is 0 Å². The number of hydrogen-bond donors (Lipinski definition) is 1. The molecule has 1 N–H and O–H groups in total. The topological polar surface area (TPSA) is 111 Å². The van der Waals surface area contributed by atoms with Crippen LogP contribution in [0.2, 0.25) is 0 Å². The van der Waals surface area contributed by atoms with Gasteiger partial charge in [0, 0.05) is 18.8 Å². The van der Waals surface area contributed by atoms with Crippen LogP contribution in [0.4, 0.5) is 5.69 Å². The smallest absolute Gasteiger partial charge is 0.309 e. The van der Waals surface area contributed by atoms with Gasteiger partial charge >= 0.3 is 5.97 Å². The lowest BCUT2D eigenvalue weighted by atomic mass is 10.3. The van der Waals surface area contributed by atoms with E-state index >= 15 is 0 Å². The molecule has 1 heterocycles. The largest absolute Gasteiger partial charge is 0.493 e. The van der Waals surface area contributed by atoms with Crippen molar-refractivity contribution in [2.45, 2.75) is 11.3 Å². The van der Waals surface area contributed by atoms with Crippen molar-refractivity contribution in [3.8, 4) is 5.75 Å². The van der Waals surface area contributed by atoms with Gasteiger partial charge in [-0.2, -0.15) is 4.31 Å². The van der Waals surface area contributed by atoms with Crippen LogP contribution < -0.4 is 10.1 Å². The average Bonchev–Trinajstić information content (AvgIpc) is 2.79. The van der Waals surface area contributed by atoms with Gasteiger partial charge in [0.15, 0.2) is 6.61 Å². The lowest BCUT2D eigenvalue weighted by Gasteiger charge is -2.26. The van der Waals surface area contributed by atoms with Gasteiger partial charge in [0.2, 0.25) is 10.0 Å². The summed E-state index contributed by atoms with van der Waals surface area (Å²) in [5.74, 6) is -0.507. The van der Waals surface area contributed by atoms with E-state index in [1.807, 2.05) is 18.2 Å². The number of morpholine rings is 1. The van der Waals surface area contributed by atoms with Crippen molar-refractivity contribution in [1.29, 1.82) is 0 Å². The zero-order valence-corrected chi connectivity index (χ0v) is 17.7. The quantitative estimate of drug-likeness (QED) is 0.581. The summed E-state index contributed by atoms with van der Waals surface area (Å²) >= 11 is 0. The number of sulfonamides is 1. The summed E-state index contributed by atoms with van der Waals surface area (Å²) in [6.45, 7) is 0.900. The number of esters is 1. The Balaban J connectivity index is 1.46. The summed E-state index contributed by atoms with van der Waals surface area (Å²) in [4.78, 5) is 23.9. The minimum Gasteiger partial charge on any atom is -0.493 e. The molecule has 1 amide bonds. The summed E-state index contributed by atoms with van der Waals surface area (Å²) in [6, 6.07) is 15.0. The van der Waals surface area contributed by atoms with E-state index in [-0.39, 0.29) is 31.0 Å². The van der Waals surface area contributed by atoms with E-state index in [4.69, 9.17) is 14.2 Å². The number of carbonyl (C=O) groups is 2. The van der Waals surface area contributed by atoms with Crippen molar-refractivity contribution in [2.75, 3.05) is 44.8 Å². The highest BCUT2D eigenvalue weighted by Crippen LogP contribution is 2.20. The molecule has 166 valence electrons. The van der Waals surface area contributed by atoms with Crippen molar-refractivity contribution in [1.82, 2.24) is 4.31 Å². The molecule has 1 aliphatic heterocycles. The molecule has 2 aromatic rings. The third-order valence-corrected chi connectivity index (χ3v) is 6.30. The highest BCUT2D eigenvalue weighted by molar-refractivity contribution is 7.89. The van der Waals surface area contributed by atoms with E-state index in [1.54, 1.807) is 18.2 Å². The van der Waals surface area contributed by atoms with Gasteiger partial charge in [-0.25, -0.2) is 8.42 Å². The minimum atomic E-state index is -3.68. The Morgan fingerprint density at radius 1 is 1.03 bits per heavy atom. The number of nitrogens with one attached hydrogen (secondary N) is 1. The van der Waals surface area contributed by atoms with Gasteiger partial charge in [0.1, 0.15) is 5.75 Å². The number of anilines is 1. The van der Waals surface area contributed by atoms with Gasteiger partial charge in [-0.1, -0.05) is 24.3 Å². The highest BCUT2D eigenvalue weighted by Gasteiger charge is 2.26. The molecule has 0 radical (unpaired) electrons. The third kappa shape index (κ3) is 6.78. The monoisotopic (exact) mass is 448 g/mol. The van der Waals surface area contributed by atoms with Crippen molar-refractivity contribution in [3.05, 3.63) is 54.6 Å². The predicted molar refractivity (Wildman–Crippen MR) is 112 cm³/mol. The van der Waals surface area contributed by atoms with E-state index in [2.05, 4.69) is 5.32 Å². The molecule has 3 rings (SSSR count). The molecule has 9 nitrogen and oxygen atoms in total. The molecule has 0 saturated carbocycles. The van der Waals surface area contributed by atoms with Crippen LogP contribution in [0.5, 0.6) is 5.75 Å². The Morgan fingerprint density at radius 3 is 2.52 bits per heavy atom. The fraction of sp³-hybridized carbons (Fsp3) is 0.333. The van der Waals surface area contributed by atoms with Gasteiger partial charge in [0.05, 0.1) is 31.1 Å². The second-order valence-electron chi connectivity index (χ2n) is 6.66. The summed E-state index contributed by atoms with van der Waals surface area (Å²) in [5.41, 5.74) is 0.294. The zero-order chi connectivity index (χ0) is 22.1. The van der Waals surface area contributed by atoms with Crippen molar-refractivity contribution in [2.24, 2.45) is 0 Å². The number of carbonyl (C=O) groups excluding carboxylic acids is 2. The molecule has 1 aliphatic rings. The fourth-order valence-electron chi connectivity index (χ4n) is 2.85. The first-order valence-corrected chi connectivity index (χ1v) is 11.2.